The lowest BCUT2D eigenvalue weighted by molar-refractivity contribution is 0.0948. The van der Waals surface area contributed by atoms with Crippen molar-refractivity contribution in [2.45, 2.75) is 37.4 Å². The van der Waals surface area contributed by atoms with Crippen molar-refractivity contribution in [1.29, 1.82) is 0 Å². The van der Waals surface area contributed by atoms with Crippen LogP contribution in [0.3, 0.4) is 0 Å². The van der Waals surface area contributed by atoms with Crippen LogP contribution in [0, 0.1) is 0 Å². The number of aryl methyl sites for hydroxylation is 2. The minimum Gasteiger partial charge on any atom is -0.361 e. The van der Waals surface area contributed by atoms with Crippen LogP contribution < -0.4 is 10.5 Å². The van der Waals surface area contributed by atoms with Crippen LogP contribution in [0.5, 0.6) is 0 Å². The number of hydrogen-bond donors (Lipinski definition) is 2. The molecule has 0 atom stereocenters. The Labute approximate surface area is 132 Å². The first-order valence-electron chi connectivity index (χ1n) is 6.73. The molecule has 0 fully saturated rings. The summed E-state index contributed by atoms with van der Waals surface area (Å²) in [6.07, 6.45) is 1.36. The highest BCUT2D eigenvalue weighted by atomic mass is 32.2. The number of sulfonamides is 1. The van der Waals surface area contributed by atoms with E-state index in [0.29, 0.717) is 18.6 Å². The second-order valence-corrected chi connectivity index (χ2v) is 7.26. The third-order valence-corrected chi connectivity index (χ3v) is 5.59. The average molecular weight is 343 g/mol. The Kier molecular flexibility index (Phi) is 4.99. The number of nitrogens with two attached hydrogens (primary N) is 1. The van der Waals surface area contributed by atoms with E-state index in [9.17, 15) is 13.2 Å². The van der Waals surface area contributed by atoms with Crippen molar-refractivity contribution in [3.8, 4) is 0 Å². The molecular weight excluding hydrogens is 326 g/mol. The number of amides is 1. The first-order chi connectivity index (χ1) is 10.4. The highest BCUT2D eigenvalue weighted by Crippen LogP contribution is 2.22. The standard InChI is InChI=1S/C13H17N3O4S2/c1-3-10-9(11(4-2)20-16-10)7-15-12(17)8-5-6-21-13(8)22(14,18)19/h5-6H,3-4,7H2,1-2H3,(H,15,17)(H2,14,18,19). The van der Waals surface area contributed by atoms with Gasteiger partial charge in [0.25, 0.3) is 5.91 Å². The summed E-state index contributed by atoms with van der Waals surface area (Å²) in [5.74, 6) is 0.227. The highest BCUT2D eigenvalue weighted by molar-refractivity contribution is 7.91. The van der Waals surface area contributed by atoms with Crippen molar-refractivity contribution in [1.82, 2.24) is 10.5 Å². The Morgan fingerprint density at radius 3 is 2.73 bits per heavy atom. The molecule has 0 saturated heterocycles. The predicted molar refractivity (Wildman–Crippen MR) is 82.1 cm³/mol. The molecule has 1 amide bonds. The summed E-state index contributed by atoms with van der Waals surface area (Å²) in [5.41, 5.74) is 1.68. The van der Waals surface area contributed by atoms with E-state index in [2.05, 4.69) is 10.5 Å². The monoisotopic (exact) mass is 343 g/mol. The lowest BCUT2D eigenvalue weighted by atomic mass is 10.1. The van der Waals surface area contributed by atoms with Gasteiger partial charge in [-0.3, -0.25) is 4.79 Å². The molecule has 120 valence electrons. The fourth-order valence-corrected chi connectivity index (χ4v) is 3.87. The Hall–Kier alpha value is -1.71. The Bertz CT molecular complexity index is 756. The van der Waals surface area contributed by atoms with E-state index in [1.807, 2.05) is 13.8 Å². The van der Waals surface area contributed by atoms with Gasteiger partial charge in [0, 0.05) is 18.5 Å². The van der Waals surface area contributed by atoms with Crippen LogP contribution in [0.4, 0.5) is 0 Å². The summed E-state index contributed by atoms with van der Waals surface area (Å²) < 4.78 is 28.0. The van der Waals surface area contributed by atoms with Crippen molar-refractivity contribution >= 4 is 27.3 Å². The molecule has 2 heterocycles. The third kappa shape index (κ3) is 3.37. The van der Waals surface area contributed by atoms with Gasteiger partial charge in [-0.25, -0.2) is 13.6 Å². The SMILES string of the molecule is CCc1noc(CC)c1CNC(=O)c1ccsc1S(N)(=O)=O. The largest absolute Gasteiger partial charge is 0.361 e. The molecule has 0 aromatic carbocycles. The molecule has 3 N–H and O–H groups in total. The van der Waals surface area contributed by atoms with Crippen LogP contribution in [-0.4, -0.2) is 19.5 Å². The summed E-state index contributed by atoms with van der Waals surface area (Å²) in [6.45, 7) is 4.11. The number of nitrogens with zero attached hydrogens (tertiary/aromatic N) is 1. The van der Waals surface area contributed by atoms with Gasteiger partial charge in [-0.05, 0) is 17.9 Å². The van der Waals surface area contributed by atoms with Crippen LogP contribution in [0.2, 0.25) is 0 Å². The molecule has 0 aliphatic rings. The smallest absolute Gasteiger partial charge is 0.253 e. The lowest BCUT2D eigenvalue weighted by Gasteiger charge is -2.06. The molecule has 2 aromatic heterocycles. The summed E-state index contributed by atoms with van der Waals surface area (Å²) >= 11 is 0.919. The number of aromatic nitrogens is 1. The predicted octanol–water partition coefficient (Wildman–Crippen LogP) is 1.44. The average Bonchev–Trinajstić information content (AvgIpc) is 3.10. The molecule has 2 rings (SSSR count). The second-order valence-electron chi connectivity index (χ2n) is 4.59. The third-order valence-electron chi connectivity index (χ3n) is 3.17. The summed E-state index contributed by atoms with van der Waals surface area (Å²) in [4.78, 5) is 12.2. The summed E-state index contributed by atoms with van der Waals surface area (Å²) in [6, 6.07) is 1.44. The minimum absolute atomic E-state index is 0.0556. The number of rotatable bonds is 6. The van der Waals surface area contributed by atoms with Crippen LogP contribution >= 0.6 is 11.3 Å². The number of primary sulfonamides is 1. The van der Waals surface area contributed by atoms with Crippen molar-refractivity contribution < 1.29 is 17.7 Å². The van der Waals surface area contributed by atoms with E-state index in [4.69, 9.17) is 9.66 Å². The molecule has 22 heavy (non-hydrogen) atoms. The number of nitrogens with one attached hydrogen (secondary N) is 1. The molecule has 0 aliphatic heterocycles. The summed E-state index contributed by atoms with van der Waals surface area (Å²) in [5, 5.41) is 13.3. The van der Waals surface area contributed by atoms with Gasteiger partial charge in [0.05, 0.1) is 11.3 Å². The molecule has 0 unspecified atom stereocenters. The molecule has 0 bridgehead atoms. The van der Waals surface area contributed by atoms with Crippen molar-refractivity contribution in [3.63, 3.8) is 0 Å². The Morgan fingerprint density at radius 2 is 2.14 bits per heavy atom. The molecule has 0 saturated carbocycles. The van der Waals surface area contributed by atoms with Crippen LogP contribution in [0.1, 0.15) is 41.2 Å². The number of thiophene rings is 1. The van der Waals surface area contributed by atoms with Gasteiger partial charge in [0.15, 0.2) is 0 Å². The van der Waals surface area contributed by atoms with Crippen LogP contribution in [-0.2, 0) is 29.4 Å². The molecule has 7 nitrogen and oxygen atoms in total. The number of hydrogen-bond acceptors (Lipinski definition) is 6. The van der Waals surface area contributed by atoms with Gasteiger partial charge >= 0.3 is 0 Å². The highest BCUT2D eigenvalue weighted by Gasteiger charge is 2.22. The maximum absolute atomic E-state index is 12.2. The Morgan fingerprint density at radius 1 is 1.41 bits per heavy atom. The van der Waals surface area contributed by atoms with Gasteiger partial charge in [0.2, 0.25) is 10.0 Å². The molecule has 0 aliphatic carbocycles. The zero-order valence-electron chi connectivity index (χ0n) is 12.3. The van der Waals surface area contributed by atoms with E-state index in [0.717, 1.165) is 22.6 Å². The summed E-state index contributed by atoms with van der Waals surface area (Å²) in [7, 11) is -3.91. The zero-order chi connectivity index (χ0) is 16.3. The maximum atomic E-state index is 12.2. The zero-order valence-corrected chi connectivity index (χ0v) is 13.9. The normalized spacial score (nSPS) is 11.6. The minimum atomic E-state index is -3.91. The Balaban J connectivity index is 2.18. The first-order valence-corrected chi connectivity index (χ1v) is 9.15. The molecule has 2 aromatic rings. The van der Waals surface area contributed by atoms with Crippen LogP contribution in [0.15, 0.2) is 20.2 Å². The van der Waals surface area contributed by atoms with Crippen molar-refractivity contribution in [3.05, 3.63) is 34.0 Å². The second kappa shape index (κ2) is 6.59. The topological polar surface area (TPSA) is 115 Å². The maximum Gasteiger partial charge on any atom is 0.253 e. The number of carbonyl (C=O) groups is 1. The van der Waals surface area contributed by atoms with E-state index in [1.165, 1.54) is 11.4 Å². The molecule has 0 spiro atoms. The first kappa shape index (κ1) is 16.7. The van der Waals surface area contributed by atoms with E-state index in [1.54, 1.807) is 0 Å². The van der Waals surface area contributed by atoms with Gasteiger partial charge < -0.3 is 9.84 Å². The fourth-order valence-electron chi connectivity index (χ4n) is 2.09. The molecule has 9 heteroatoms. The van der Waals surface area contributed by atoms with Gasteiger partial charge in [0.1, 0.15) is 9.97 Å². The van der Waals surface area contributed by atoms with Crippen molar-refractivity contribution in [2.24, 2.45) is 5.14 Å². The van der Waals surface area contributed by atoms with Crippen LogP contribution in [0.25, 0.3) is 0 Å². The van der Waals surface area contributed by atoms with Gasteiger partial charge in [-0.2, -0.15) is 0 Å². The lowest BCUT2D eigenvalue weighted by Crippen LogP contribution is -2.25. The molecule has 0 radical (unpaired) electrons. The van der Waals surface area contributed by atoms with Crippen molar-refractivity contribution in [2.75, 3.05) is 0 Å². The van der Waals surface area contributed by atoms with Gasteiger partial charge in [-0.1, -0.05) is 19.0 Å². The van der Waals surface area contributed by atoms with E-state index >= 15 is 0 Å². The van der Waals surface area contributed by atoms with E-state index in [-0.39, 0.29) is 16.3 Å². The van der Waals surface area contributed by atoms with Gasteiger partial charge in [-0.15, -0.1) is 11.3 Å². The van der Waals surface area contributed by atoms with E-state index < -0.39 is 15.9 Å². The fraction of sp³-hybridized carbons (Fsp3) is 0.385. The molecular formula is C13H17N3O4S2. The quantitative estimate of drug-likeness (QED) is 0.823. The number of carbonyl (C=O) groups excluding carboxylic acids is 1.